The Morgan fingerprint density at radius 3 is 3.12 bits per heavy atom. The molecule has 4 heterocycles. The number of piperidine rings is 1. The Hall–Kier alpha value is -3.02. The molecule has 4 rings (SSSR count). The molecule has 3 aromatic rings. The summed E-state index contributed by atoms with van der Waals surface area (Å²) in [5.41, 5.74) is 0.760. The van der Waals surface area contributed by atoms with Crippen molar-refractivity contribution < 1.29 is 4.52 Å². The smallest absolute Gasteiger partial charge is 0.231 e. The largest absolute Gasteiger partial charge is 0.355 e. The topological polar surface area (TPSA) is 110 Å². The van der Waals surface area contributed by atoms with E-state index in [1.54, 1.807) is 17.2 Å². The van der Waals surface area contributed by atoms with E-state index in [1.807, 2.05) is 6.92 Å². The number of rotatable bonds is 4. The molecule has 0 saturated carbocycles. The van der Waals surface area contributed by atoms with Crippen molar-refractivity contribution in [3.05, 3.63) is 24.2 Å². The van der Waals surface area contributed by atoms with Crippen molar-refractivity contribution in [2.24, 2.45) is 0 Å². The van der Waals surface area contributed by atoms with Crippen molar-refractivity contribution in [1.82, 2.24) is 29.9 Å². The molecule has 0 aromatic carbocycles. The molecule has 0 radical (unpaired) electrons. The Kier molecular flexibility index (Phi) is 4.01. The zero-order valence-corrected chi connectivity index (χ0v) is 14.0. The zero-order valence-electron chi connectivity index (χ0n) is 14.0. The van der Waals surface area contributed by atoms with Crippen LogP contribution in [-0.2, 0) is 6.54 Å². The lowest BCUT2D eigenvalue weighted by Crippen LogP contribution is -2.35. The monoisotopic (exact) mass is 338 g/mol. The first-order chi connectivity index (χ1) is 12.3. The van der Waals surface area contributed by atoms with Crippen molar-refractivity contribution >= 4 is 16.9 Å². The second kappa shape index (κ2) is 6.47. The number of nitriles is 1. The zero-order chi connectivity index (χ0) is 17.2. The Bertz CT molecular complexity index is 924. The molecule has 1 unspecified atom stereocenters. The number of hydrogen-bond acceptors (Lipinski definition) is 8. The fraction of sp³-hybridized carbons (Fsp3) is 0.500. The van der Waals surface area contributed by atoms with Gasteiger partial charge < -0.3 is 9.42 Å². The lowest BCUT2D eigenvalue weighted by Gasteiger charge is -2.32. The molecule has 25 heavy (non-hydrogen) atoms. The van der Waals surface area contributed by atoms with Gasteiger partial charge in [0.15, 0.2) is 11.5 Å². The van der Waals surface area contributed by atoms with Crippen molar-refractivity contribution in [3.63, 3.8) is 0 Å². The molecule has 1 atom stereocenters. The van der Waals surface area contributed by atoms with Gasteiger partial charge in [0.1, 0.15) is 12.1 Å². The highest BCUT2D eigenvalue weighted by atomic mass is 16.5. The van der Waals surface area contributed by atoms with E-state index >= 15 is 0 Å². The minimum atomic E-state index is 0.202. The molecule has 3 aromatic heterocycles. The Labute approximate surface area is 144 Å². The maximum absolute atomic E-state index is 8.78. The van der Waals surface area contributed by atoms with Crippen LogP contribution in [0.25, 0.3) is 11.0 Å². The summed E-state index contributed by atoms with van der Waals surface area (Å²) in [6.07, 6.45) is 5.79. The minimum absolute atomic E-state index is 0.202. The van der Waals surface area contributed by atoms with Gasteiger partial charge in [-0.2, -0.15) is 15.3 Å². The van der Waals surface area contributed by atoms with E-state index < -0.39 is 0 Å². The van der Waals surface area contributed by atoms with Gasteiger partial charge in [-0.25, -0.2) is 14.6 Å². The van der Waals surface area contributed by atoms with E-state index in [0.29, 0.717) is 24.7 Å². The van der Waals surface area contributed by atoms with Crippen LogP contribution in [0.1, 0.15) is 36.9 Å². The molecule has 0 N–H and O–H groups in total. The number of fused-ring (bicyclic) bond motifs is 1. The van der Waals surface area contributed by atoms with Crippen molar-refractivity contribution in [1.29, 1.82) is 5.26 Å². The highest BCUT2D eigenvalue weighted by Crippen LogP contribution is 2.31. The van der Waals surface area contributed by atoms with Crippen LogP contribution in [-0.4, -0.2) is 43.0 Å². The van der Waals surface area contributed by atoms with Gasteiger partial charge in [-0.1, -0.05) is 5.16 Å². The van der Waals surface area contributed by atoms with Crippen LogP contribution in [0.5, 0.6) is 0 Å². The van der Waals surface area contributed by atoms with Crippen molar-refractivity contribution in [2.75, 3.05) is 18.0 Å². The van der Waals surface area contributed by atoms with Crippen LogP contribution in [0.2, 0.25) is 0 Å². The van der Waals surface area contributed by atoms with Crippen molar-refractivity contribution in [2.45, 2.75) is 38.6 Å². The maximum atomic E-state index is 8.78. The summed E-state index contributed by atoms with van der Waals surface area (Å²) >= 11 is 0. The second-order valence-corrected chi connectivity index (χ2v) is 6.18. The minimum Gasteiger partial charge on any atom is -0.355 e. The third-order valence-electron chi connectivity index (χ3n) is 4.46. The molecule has 9 heteroatoms. The highest BCUT2D eigenvalue weighted by molar-refractivity contribution is 5.86. The van der Waals surface area contributed by atoms with Gasteiger partial charge in [0.25, 0.3) is 0 Å². The van der Waals surface area contributed by atoms with E-state index in [9.17, 15) is 0 Å². The molecule has 9 nitrogen and oxygen atoms in total. The predicted octanol–water partition coefficient (Wildman–Crippen LogP) is 1.82. The van der Waals surface area contributed by atoms with Gasteiger partial charge in [0.2, 0.25) is 5.89 Å². The first kappa shape index (κ1) is 15.5. The summed E-state index contributed by atoms with van der Waals surface area (Å²) in [5.74, 6) is 2.43. The van der Waals surface area contributed by atoms with Crippen molar-refractivity contribution in [3.8, 4) is 6.07 Å². The van der Waals surface area contributed by atoms with E-state index in [2.05, 4.69) is 36.2 Å². The molecule has 0 amide bonds. The molecule has 1 aliphatic rings. The maximum Gasteiger partial charge on any atom is 0.231 e. The van der Waals surface area contributed by atoms with Gasteiger partial charge in [-0.15, -0.1) is 0 Å². The standard InChI is InChI=1S/C16H18N8O/c1-11-21-16(25-22-11)12-4-2-6-23(9-12)14-13-8-20-24(7-3-5-17)15(13)19-10-18-14/h8,10,12H,2-4,6-7,9H2,1H3. The molecule has 1 aliphatic heterocycles. The summed E-state index contributed by atoms with van der Waals surface area (Å²) in [6, 6.07) is 2.14. The second-order valence-electron chi connectivity index (χ2n) is 6.18. The molecule has 0 bridgehead atoms. The number of nitrogens with zero attached hydrogens (tertiary/aromatic N) is 8. The molecular formula is C16H18N8O. The Balaban J connectivity index is 1.62. The molecule has 128 valence electrons. The first-order valence-electron chi connectivity index (χ1n) is 8.35. The van der Waals surface area contributed by atoms with E-state index in [-0.39, 0.29) is 5.92 Å². The van der Waals surface area contributed by atoms with Crippen LogP contribution < -0.4 is 4.90 Å². The fourth-order valence-electron chi connectivity index (χ4n) is 3.30. The summed E-state index contributed by atoms with van der Waals surface area (Å²) in [7, 11) is 0. The van der Waals surface area contributed by atoms with Crippen LogP contribution >= 0.6 is 0 Å². The Morgan fingerprint density at radius 2 is 2.32 bits per heavy atom. The summed E-state index contributed by atoms with van der Waals surface area (Å²) in [4.78, 5) is 15.4. The van der Waals surface area contributed by atoms with Gasteiger partial charge in [0.05, 0.1) is 36.5 Å². The molecule has 1 fully saturated rings. The average Bonchev–Trinajstić information content (AvgIpc) is 3.26. The van der Waals surface area contributed by atoms with Crippen LogP contribution in [0.4, 0.5) is 5.82 Å². The fourth-order valence-corrected chi connectivity index (χ4v) is 3.30. The van der Waals surface area contributed by atoms with Crippen LogP contribution in [0.3, 0.4) is 0 Å². The molecular weight excluding hydrogens is 320 g/mol. The summed E-state index contributed by atoms with van der Waals surface area (Å²) in [6.45, 7) is 4.05. The lowest BCUT2D eigenvalue weighted by molar-refractivity contribution is 0.331. The van der Waals surface area contributed by atoms with E-state index in [0.717, 1.165) is 42.8 Å². The number of aromatic nitrogens is 6. The average molecular weight is 338 g/mol. The number of aryl methyl sites for hydroxylation is 2. The third-order valence-corrected chi connectivity index (χ3v) is 4.46. The van der Waals surface area contributed by atoms with Gasteiger partial charge in [0, 0.05) is 13.1 Å². The predicted molar refractivity (Wildman–Crippen MR) is 88.8 cm³/mol. The summed E-state index contributed by atoms with van der Waals surface area (Å²) in [5, 5.41) is 18.0. The van der Waals surface area contributed by atoms with E-state index in [1.165, 1.54) is 0 Å². The number of hydrogen-bond donors (Lipinski definition) is 0. The van der Waals surface area contributed by atoms with Crippen LogP contribution in [0.15, 0.2) is 17.0 Å². The summed E-state index contributed by atoms with van der Waals surface area (Å²) < 4.78 is 7.11. The first-order valence-corrected chi connectivity index (χ1v) is 8.35. The van der Waals surface area contributed by atoms with E-state index in [4.69, 9.17) is 9.78 Å². The van der Waals surface area contributed by atoms with Crippen LogP contribution in [0, 0.1) is 18.3 Å². The van der Waals surface area contributed by atoms with Gasteiger partial charge in [-0.3, -0.25) is 0 Å². The normalized spacial score (nSPS) is 17.8. The highest BCUT2D eigenvalue weighted by Gasteiger charge is 2.27. The molecule has 1 saturated heterocycles. The quantitative estimate of drug-likeness (QED) is 0.708. The SMILES string of the molecule is Cc1noc(C2CCCN(c3ncnc4c3cnn4CCC#N)C2)n1. The molecule has 0 aliphatic carbocycles. The number of anilines is 1. The van der Waals surface area contributed by atoms with Gasteiger partial charge >= 0.3 is 0 Å². The third kappa shape index (κ3) is 2.91. The van der Waals surface area contributed by atoms with Gasteiger partial charge in [-0.05, 0) is 19.8 Å². The lowest BCUT2D eigenvalue weighted by atomic mass is 9.98. The molecule has 0 spiro atoms. The Morgan fingerprint density at radius 1 is 1.40 bits per heavy atom.